The molecule has 1 atom stereocenters. The molecule has 1 N–H and O–H groups in total. The minimum atomic E-state index is 0.640. The quantitative estimate of drug-likeness (QED) is 0.701. The maximum Gasteiger partial charge on any atom is 0.0335 e. The third-order valence-corrected chi connectivity index (χ3v) is 2.64. The zero-order valence-corrected chi connectivity index (χ0v) is 7.51. The molecule has 1 saturated heterocycles. The fraction of sp³-hybridized carbons (Fsp3) is 0.455. The van der Waals surface area contributed by atoms with Gasteiger partial charge in [0.15, 0.2) is 0 Å². The Morgan fingerprint density at radius 1 is 1.42 bits per heavy atom. The Balaban J connectivity index is 2.27. The van der Waals surface area contributed by atoms with Gasteiger partial charge in [-0.3, -0.25) is 0 Å². The summed E-state index contributed by atoms with van der Waals surface area (Å²) in [6.07, 6.45) is 2.45. The van der Waals surface area contributed by atoms with Crippen LogP contribution in [-0.4, -0.2) is 6.54 Å². The van der Waals surface area contributed by atoms with Crippen molar-refractivity contribution in [1.82, 2.24) is 5.32 Å². The maximum absolute atomic E-state index is 3.44. The molecule has 1 aromatic carbocycles. The van der Waals surface area contributed by atoms with Crippen LogP contribution in [0.5, 0.6) is 0 Å². The Kier molecular flexibility index (Phi) is 2.13. The van der Waals surface area contributed by atoms with Crippen LogP contribution in [0.4, 0.5) is 0 Å². The summed E-state index contributed by atoms with van der Waals surface area (Å²) in [6.45, 7) is 3.40. The van der Waals surface area contributed by atoms with Crippen LogP contribution in [0.15, 0.2) is 24.3 Å². The summed E-state index contributed by atoms with van der Waals surface area (Å²) in [5.74, 6) is 0. The lowest BCUT2D eigenvalue weighted by Gasteiger charge is -2.29. The molecule has 0 unspecified atom stereocenters. The van der Waals surface area contributed by atoms with E-state index in [1.54, 1.807) is 0 Å². The number of nitrogens with one attached hydrogen (secondary N) is 1. The Morgan fingerprint density at radius 2 is 2.17 bits per heavy atom. The van der Waals surface area contributed by atoms with Crippen LogP contribution in [0, 0.1) is 0 Å². The Hall–Kier alpha value is -0.820. The van der Waals surface area contributed by atoms with E-state index < -0.39 is 0 Å². The van der Waals surface area contributed by atoms with E-state index in [0.29, 0.717) is 6.04 Å². The van der Waals surface area contributed by atoms with Crippen LogP contribution >= 0.6 is 0 Å². The summed E-state index contributed by atoms with van der Waals surface area (Å²) in [5, 5.41) is 3.44. The first-order valence-electron chi connectivity index (χ1n) is 4.73. The van der Waals surface area contributed by atoms with Crippen molar-refractivity contribution in [3.8, 4) is 0 Å². The molecule has 0 aliphatic carbocycles. The molecule has 1 nitrogen and oxygen atoms in total. The van der Waals surface area contributed by atoms with Gasteiger partial charge in [-0.2, -0.15) is 0 Å². The van der Waals surface area contributed by atoms with Gasteiger partial charge in [0.1, 0.15) is 0 Å². The maximum atomic E-state index is 3.44. The van der Waals surface area contributed by atoms with E-state index >= 15 is 0 Å². The van der Waals surface area contributed by atoms with Gasteiger partial charge < -0.3 is 5.32 Å². The fourth-order valence-electron chi connectivity index (χ4n) is 1.75. The topological polar surface area (TPSA) is 12.0 Å². The van der Waals surface area contributed by atoms with E-state index in [1.165, 1.54) is 24.1 Å². The van der Waals surface area contributed by atoms with Gasteiger partial charge in [0.2, 0.25) is 0 Å². The highest BCUT2D eigenvalue weighted by Crippen LogP contribution is 2.25. The Morgan fingerprint density at radius 3 is 2.75 bits per heavy atom. The summed E-state index contributed by atoms with van der Waals surface area (Å²) in [4.78, 5) is 0. The molecule has 0 amide bonds. The molecule has 2 rings (SSSR count). The van der Waals surface area contributed by atoms with Gasteiger partial charge in [-0.25, -0.2) is 0 Å². The van der Waals surface area contributed by atoms with Crippen molar-refractivity contribution in [2.45, 2.75) is 25.8 Å². The van der Waals surface area contributed by atoms with E-state index in [4.69, 9.17) is 0 Å². The average molecular weight is 161 g/mol. The first-order chi connectivity index (χ1) is 5.92. The van der Waals surface area contributed by atoms with Crippen molar-refractivity contribution in [2.75, 3.05) is 6.54 Å². The van der Waals surface area contributed by atoms with Crippen molar-refractivity contribution < 1.29 is 0 Å². The zero-order chi connectivity index (χ0) is 8.39. The smallest absolute Gasteiger partial charge is 0.0335 e. The van der Waals surface area contributed by atoms with Gasteiger partial charge in [0, 0.05) is 6.04 Å². The highest BCUT2D eigenvalue weighted by atomic mass is 15.0. The largest absolute Gasteiger partial charge is 0.310 e. The monoisotopic (exact) mass is 161 g/mol. The highest BCUT2D eigenvalue weighted by Gasteiger charge is 2.19. The van der Waals surface area contributed by atoms with Crippen LogP contribution in [-0.2, 0) is 6.42 Å². The SMILES string of the molecule is CCc1ccccc1[C@@H]1CCN1. The molecular weight excluding hydrogens is 146 g/mol. The van der Waals surface area contributed by atoms with Crippen LogP contribution in [0.25, 0.3) is 0 Å². The minimum absolute atomic E-state index is 0.640. The van der Waals surface area contributed by atoms with Gasteiger partial charge in [0.05, 0.1) is 0 Å². The van der Waals surface area contributed by atoms with Gasteiger partial charge in [-0.1, -0.05) is 31.2 Å². The van der Waals surface area contributed by atoms with E-state index in [-0.39, 0.29) is 0 Å². The van der Waals surface area contributed by atoms with Crippen molar-refractivity contribution in [1.29, 1.82) is 0 Å². The molecule has 64 valence electrons. The van der Waals surface area contributed by atoms with E-state index in [0.717, 1.165) is 6.42 Å². The summed E-state index contributed by atoms with van der Waals surface area (Å²) in [6, 6.07) is 9.38. The molecule has 1 aliphatic heterocycles. The van der Waals surface area contributed by atoms with E-state index in [9.17, 15) is 0 Å². The Bertz CT molecular complexity index is 263. The molecule has 1 fully saturated rings. The Labute approximate surface area is 73.8 Å². The van der Waals surface area contributed by atoms with E-state index in [1.807, 2.05) is 0 Å². The van der Waals surface area contributed by atoms with Crippen LogP contribution in [0.1, 0.15) is 30.5 Å². The molecule has 0 bridgehead atoms. The lowest BCUT2D eigenvalue weighted by molar-refractivity contribution is 0.381. The second-order valence-corrected chi connectivity index (χ2v) is 3.35. The fourth-order valence-corrected chi connectivity index (χ4v) is 1.75. The molecule has 12 heavy (non-hydrogen) atoms. The third-order valence-electron chi connectivity index (χ3n) is 2.64. The predicted octanol–water partition coefficient (Wildman–Crippen LogP) is 2.28. The number of hydrogen-bond acceptors (Lipinski definition) is 1. The zero-order valence-electron chi connectivity index (χ0n) is 7.51. The molecular formula is C11H15N. The van der Waals surface area contributed by atoms with Crippen molar-refractivity contribution >= 4 is 0 Å². The standard InChI is InChI=1S/C11H15N/c1-2-9-5-3-4-6-10(9)11-7-8-12-11/h3-6,11-12H,2,7-8H2,1H3/t11-/m0/s1. The minimum Gasteiger partial charge on any atom is -0.310 e. The van der Waals surface area contributed by atoms with Gasteiger partial charge in [0.25, 0.3) is 0 Å². The van der Waals surface area contributed by atoms with Gasteiger partial charge in [-0.05, 0) is 30.5 Å². The number of benzene rings is 1. The molecule has 1 aromatic rings. The van der Waals surface area contributed by atoms with E-state index in [2.05, 4.69) is 36.5 Å². The lowest BCUT2D eigenvalue weighted by Crippen LogP contribution is -2.35. The third kappa shape index (κ3) is 1.25. The molecule has 0 aromatic heterocycles. The van der Waals surface area contributed by atoms with Crippen molar-refractivity contribution in [3.05, 3.63) is 35.4 Å². The van der Waals surface area contributed by atoms with Crippen LogP contribution in [0.2, 0.25) is 0 Å². The lowest BCUT2D eigenvalue weighted by atomic mass is 9.92. The number of rotatable bonds is 2. The summed E-state index contributed by atoms with van der Waals surface area (Å²) >= 11 is 0. The summed E-state index contributed by atoms with van der Waals surface area (Å²) in [5.41, 5.74) is 3.00. The number of aryl methyl sites for hydroxylation is 1. The molecule has 0 radical (unpaired) electrons. The molecule has 0 spiro atoms. The van der Waals surface area contributed by atoms with Crippen molar-refractivity contribution in [3.63, 3.8) is 0 Å². The first-order valence-corrected chi connectivity index (χ1v) is 4.73. The molecule has 1 heteroatoms. The summed E-state index contributed by atoms with van der Waals surface area (Å²) in [7, 11) is 0. The number of hydrogen-bond donors (Lipinski definition) is 1. The predicted molar refractivity (Wildman–Crippen MR) is 51.2 cm³/mol. The highest BCUT2D eigenvalue weighted by molar-refractivity contribution is 5.31. The normalized spacial score (nSPS) is 21.9. The second-order valence-electron chi connectivity index (χ2n) is 3.35. The molecule has 0 saturated carbocycles. The van der Waals surface area contributed by atoms with Crippen LogP contribution in [0.3, 0.4) is 0 Å². The molecule has 1 heterocycles. The van der Waals surface area contributed by atoms with Crippen LogP contribution < -0.4 is 5.32 Å². The molecule has 1 aliphatic rings. The first kappa shape index (κ1) is 7.81. The van der Waals surface area contributed by atoms with Gasteiger partial charge >= 0.3 is 0 Å². The summed E-state index contributed by atoms with van der Waals surface area (Å²) < 4.78 is 0. The van der Waals surface area contributed by atoms with Gasteiger partial charge in [-0.15, -0.1) is 0 Å². The second kappa shape index (κ2) is 3.28. The average Bonchev–Trinajstić information content (AvgIpc) is 2.02. The van der Waals surface area contributed by atoms with Crippen molar-refractivity contribution in [2.24, 2.45) is 0 Å².